The number of anilines is 1. The zero-order valence-corrected chi connectivity index (χ0v) is 10.8. The Kier molecular flexibility index (Phi) is 4.85. The maximum atomic E-state index is 11.3. The second-order valence-electron chi connectivity index (χ2n) is 3.42. The molecule has 1 aromatic heterocycles. The van der Waals surface area contributed by atoms with Crippen molar-refractivity contribution in [3.63, 3.8) is 0 Å². The molecule has 1 aromatic rings. The lowest BCUT2D eigenvalue weighted by Crippen LogP contribution is -2.36. The number of carbonyl (C=O) groups is 1. The third-order valence-electron chi connectivity index (χ3n) is 2.31. The second kappa shape index (κ2) is 6.15. The fraction of sp³-hybridized carbons (Fsp3) is 0.400. The van der Waals surface area contributed by atoms with Gasteiger partial charge in [0.25, 0.3) is 0 Å². The zero-order chi connectivity index (χ0) is 13.7. The van der Waals surface area contributed by atoms with Crippen molar-refractivity contribution in [2.45, 2.75) is 6.92 Å². The van der Waals surface area contributed by atoms with Crippen LogP contribution in [0, 0.1) is 10.1 Å². The number of pyridine rings is 1. The molecule has 18 heavy (non-hydrogen) atoms. The van der Waals surface area contributed by atoms with Crippen molar-refractivity contribution in [2.24, 2.45) is 0 Å². The van der Waals surface area contributed by atoms with Gasteiger partial charge in [0.1, 0.15) is 5.15 Å². The van der Waals surface area contributed by atoms with E-state index in [4.69, 9.17) is 11.6 Å². The summed E-state index contributed by atoms with van der Waals surface area (Å²) in [6.45, 7) is 2.16. The minimum Gasteiger partial charge on any atom is -0.358 e. The van der Waals surface area contributed by atoms with Gasteiger partial charge in [-0.3, -0.25) is 14.9 Å². The van der Waals surface area contributed by atoms with Gasteiger partial charge < -0.3 is 10.2 Å². The quantitative estimate of drug-likeness (QED) is 0.494. The van der Waals surface area contributed by atoms with E-state index < -0.39 is 4.92 Å². The summed E-state index contributed by atoms with van der Waals surface area (Å²) in [5, 5.41) is 13.5. The van der Waals surface area contributed by atoms with Crippen molar-refractivity contribution >= 4 is 29.0 Å². The lowest BCUT2D eigenvalue weighted by Gasteiger charge is -2.20. The Labute approximate surface area is 109 Å². The molecular weight excluding hydrogens is 260 g/mol. The first-order valence-electron chi connectivity index (χ1n) is 5.26. The van der Waals surface area contributed by atoms with E-state index in [1.165, 1.54) is 24.1 Å². The maximum absolute atomic E-state index is 11.3. The van der Waals surface area contributed by atoms with Gasteiger partial charge in [-0.1, -0.05) is 11.6 Å². The number of likely N-dealkylation sites (N-methyl/N-ethyl adjacent to an activating group) is 2. The summed E-state index contributed by atoms with van der Waals surface area (Å²) in [7, 11) is 1.50. The van der Waals surface area contributed by atoms with Gasteiger partial charge in [-0.25, -0.2) is 4.98 Å². The molecule has 0 aliphatic heterocycles. The van der Waals surface area contributed by atoms with Crippen LogP contribution in [0.15, 0.2) is 12.1 Å². The summed E-state index contributed by atoms with van der Waals surface area (Å²) in [6.07, 6.45) is 0. The first kappa shape index (κ1) is 14.2. The number of nitrogens with zero attached hydrogens (tertiary/aromatic N) is 3. The van der Waals surface area contributed by atoms with E-state index >= 15 is 0 Å². The number of aromatic nitrogens is 1. The monoisotopic (exact) mass is 272 g/mol. The number of hydrogen-bond donors (Lipinski definition) is 1. The smallest absolute Gasteiger partial charge is 0.311 e. The molecule has 0 radical (unpaired) electrons. The van der Waals surface area contributed by atoms with E-state index in [2.05, 4.69) is 10.3 Å². The van der Waals surface area contributed by atoms with Crippen molar-refractivity contribution in [3.8, 4) is 0 Å². The largest absolute Gasteiger partial charge is 0.358 e. The highest BCUT2D eigenvalue weighted by atomic mass is 35.5. The van der Waals surface area contributed by atoms with E-state index in [1.807, 2.05) is 0 Å². The predicted octanol–water partition coefficient (Wildman–Crippen LogP) is 1.22. The van der Waals surface area contributed by atoms with Crippen LogP contribution in [0.2, 0.25) is 5.15 Å². The molecule has 1 N–H and O–H groups in total. The number of amides is 1. The Balaban J connectivity index is 3.14. The summed E-state index contributed by atoms with van der Waals surface area (Å²) in [5.74, 6) is -0.161. The van der Waals surface area contributed by atoms with Crippen molar-refractivity contribution < 1.29 is 9.72 Å². The Morgan fingerprint density at radius 3 is 2.78 bits per heavy atom. The average molecular weight is 273 g/mol. The highest BCUT2D eigenvalue weighted by Gasteiger charge is 2.22. The van der Waals surface area contributed by atoms with Crippen LogP contribution in [-0.2, 0) is 4.79 Å². The van der Waals surface area contributed by atoms with Crippen LogP contribution in [0.4, 0.5) is 11.5 Å². The maximum Gasteiger partial charge on any atom is 0.311 e. The van der Waals surface area contributed by atoms with Crippen LogP contribution in [0.1, 0.15) is 6.92 Å². The van der Waals surface area contributed by atoms with Gasteiger partial charge in [-0.2, -0.15) is 0 Å². The summed E-state index contributed by atoms with van der Waals surface area (Å²) in [6, 6.07) is 2.62. The van der Waals surface area contributed by atoms with E-state index in [-0.39, 0.29) is 29.1 Å². The van der Waals surface area contributed by atoms with Crippen LogP contribution in [0.25, 0.3) is 0 Å². The molecule has 8 heteroatoms. The van der Waals surface area contributed by atoms with Gasteiger partial charge in [0.15, 0.2) is 0 Å². The molecule has 0 aliphatic carbocycles. The SMILES string of the molecule is CCN(CC(=O)NC)c1nc(Cl)ccc1[N+](=O)[O-]. The van der Waals surface area contributed by atoms with Gasteiger partial charge in [0, 0.05) is 19.7 Å². The Morgan fingerprint density at radius 2 is 2.28 bits per heavy atom. The Bertz CT molecular complexity index is 466. The van der Waals surface area contributed by atoms with E-state index in [1.54, 1.807) is 6.92 Å². The minimum absolute atomic E-state index is 0.0127. The molecule has 1 heterocycles. The van der Waals surface area contributed by atoms with Gasteiger partial charge in [-0.15, -0.1) is 0 Å². The Morgan fingerprint density at radius 1 is 1.61 bits per heavy atom. The molecule has 0 aromatic carbocycles. The number of rotatable bonds is 5. The van der Waals surface area contributed by atoms with Crippen LogP contribution >= 0.6 is 11.6 Å². The van der Waals surface area contributed by atoms with Gasteiger partial charge in [0.2, 0.25) is 11.7 Å². The molecule has 0 saturated carbocycles. The van der Waals surface area contributed by atoms with Gasteiger partial charge >= 0.3 is 5.69 Å². The molecule has 0 spiro atoms. The highest BCUT2D eigenvalue weighted by molar-refractivity contribution is 6.29. The van der Waals surface area contributed by atoms with Crippen LogP contribution in [-0.4, -0.2) is 36.0 Å². The first-order valence-corrected chi connectivity index (χ1v) is 5.63. The van der Waals surface area contributed by atoms with E-state index in [0.717, 1.165) is 0 Å². The van der Waals surface area contributed by atoms with Crippen molar-refractivity contribution in [2.75, 3.05) is 25.0 Å². The lowest BCUT2D eigenvalue weighted by molar-refractivity contribution is -0.384. The molecule has 0 aliphatic rings. The highest BCUT2D eigenvalue weighted by Crippen LogP contribution is 2.27. The van der Waals surface area contributed by atoms with E-state index in [9.17, 15) is 14.9 Å². The normalized spacial score (nSPS) is 9.94. The predicted molar refractivity (Wildman–Crippen MR) is 67.9 cm³/mol. The lowest BCUT2D eigenvalue weighted by atomic mass is 10.3. The van der Waals surface area contributed by atoms with Crippen molar-refractivity contribution in [1.82, 2.24) is 10.3 Å². The summed E-state index contributed by atoms with van der Waals surface area (Å²) in [4.78, 5) is 27.1. The number of carbonyl (C=O) groups excluding carboxylic acids is 1. The van der Waals surface area contributed by atoms with Crippen molar-refractivity contribution in [1.29, 1.82) is 0 Å². The minimum atomic E-state index is -0.550. The summed E-state index contributed by atoms with van der Waals surface area (Å²) in [5.41, 5.74) is -0.176. The molecule has 1 rings (SSSR count). The average Bonchev–Trinajstić information content (AvgIpc) is 2.35. The molecule has 0 unspecified atom stereocenters. The van der Waals surface area contributed by atoms with Gasteiger partial charge in [-0.05, 0) is 13.0 Å². The molecule has 0 saturated heterocycles. The van der Waals surface area contributed by atoms with E-state index in [0.29, 0.717) is 6.54 Å². The molecule has 0 atom stereocenters. The van der Waals surface area contributed by atoms with Crippen LogP contribution in [0.5, 0.6) is 0 Å². The topological polar surface area (TPSA) is 88.4 Å². The zero-order valence-electron chi connectivity index (χ0n) is 10.0. The number of halogens is 1. The van der Waals surface area contributed by atoms with Crippen molar-refractivity contribution in [3.05, 3.63) is 27.4 Å². The molecule has 0 fully saturated rings. The van der Waals surface area contributed by atoms with Crippen LogP contribution in [0.3, 0.4) is 0 Å². The summed E-state index contributed by atoms with van der Waals surface area (Å²) < 4.78 is 0. The van der Waals surface area contributed by atoms with Gasteiger partial charge in [0.05, 0.1) is 11.5 Å². The molecule has 1 amide bonds. The summed E-state index contributed by atoms with van der Waals surface area (Å²) >= 11 is 5.73. The molecule has 7 nitrogen and oxygen atoms in total. The van der Waals surface area contributed by atoms with Crippen LogP contribution < -0.4 is 10.2 Å². The first-order chi connectivity index (χ1) is 8.49. The number of nitrogens with one attached hydrogen (secondary N) is 1. The Hall–Kier alpha value is -1.89. The molecular formula is C10H13ClN4O3. The number of hydrogen-bond acceptors (Lipinski definition) is 5. The third kappa shape index (κ3) is 3.30. The molecule has 0 bridgehead atoms. The fourth-order valence-electron chi connectivity index (χ4n) is 1.38. The second-order valence-corrected chi connectivity index (χ2v) is 3.81. The third-order valence-corrected chi connectivity index (χ3v) is 2.52. The number of nitro groups is 1. The standard InChI is InChI=1S/C10H13ClN4O3/c1-3-14(6-9(16)12-2)10-7(15(17)18)4-5-8(11)13-10/h4-5H,3,6H2,1-2H3,(H,12,16). The fourth-order valence-corrected chi connectivity index (χ4v) is 1.53. The molecule has 98 valence electrons.